The molecule has 2 rings (SSSR count). The third-order valence-corrected chi connectivity index (χ3v) is 2.64. The van der Waals surface area contributed by atoms with E-state index in [1.165, 1.54) is 0 Å². The van der Waals surface area contributed by atoms with Crippen LogP contribution in [-0.2, 0) is 12.4 Å². The second-order valence-electron chi connectivity index (χ2n) is 3.96. The lowest BCUT2D eigenvalue weighted by Gasteiger charge is -2.18. The Labute approximate surface area is 109 Å². The molecule has 1 heterocycles. The molecule has 0 aliphatic rings. The Morgan fingerprint density at radius 1 is 0.700 bits per heavy atom. The van der Waals surface area contributed by atoms with Gasteiger partial charge in [-0.2, -0.15) is 26.3 Å². The number of pyridine rings is 1. The fourth-order valence-corrected chi connectivity index (χ4v) is 1.85. The highest BCUT2D eigenvalue weighted by molar-refractivity contribution is 5.72. The Hall–Kier alpha value is -2.05. The Balaban J connectivity index is 2.80. The van der Waals surface area contributed by atoms with Crippen LogP contribution in [-0.4, -0.2) is 4.98 Å². The molecule has 7 heteroatoms. The molecule has 0 unspecified atom stereocenters. The maximum atomic E-state index is 12.9. The van der Waals surface area contributed by atoms with Crippen molar-refractivity contribution in [3.8, 4) is 11.1 Å². The van der Waals surface area contributed by atoms with Crippen LogP contribution in [0.3, 0.4) is 0 Å². The molecular weight excluding hydrogens is 284 g/mol. The van der Waals surface area contributed by atoms with Gasteiger partial charge in [0.05, 0.1) is 11.1 Å². The molecule has 0 aliphatic carbocycles. The van der Waals surface area contributed by atoms with Gasteiger partial charge in [0.25, 0.3) is 0 Å². The summed E-state index contributed by atoms with van der Waals surface area (Å²) >= 11 is 0. The zero-order valence-electron chi connectivity index (χ0n) is 9.76. The van der Waals surface area contributed by atoms with Crippen molar-refractivity contribution < 1.29 is 26.3 Å². The highest BCUT2D eigenvalue weighted by Crippen LogP contribution is 2.44. The number of rotatable bonds is 1. The van der Waals surface area contributed by atoms with Crippen molar-refractivity contribution in [3.05, 3.63) is 53.9 Å². The Bertz CT molecular complexity index is 568. The maximum Gasteiger partial charge on any atom is 0.417 e. The van der Waals surface area contributed by atoms with Crippen LogP contribution in [0.2, 0.25) is 0 Å². The molecule has 1 aromatic heterocycles. The van der Waals surface area contributed by atoms with E-state index in [0.29, 0.717) is 12.1 Å². The first-order valence-corrected chi connectivity index (χ1v) is 5.39. The summed E-state index contributed by atoms with van der Waals surface area (Å²) < 4.78 is 77.5. The summed E-state index contributed by atoms with van der Waals surface area (Å²) in [7, 11) is 0. The molecule has 0 amide bonds. The normalized spacial score (nSPS) is 12.5. The molecule has 0 bridgehead atoms. The molecule has 0 N–H and O–H groups in total. The topological polar surface area (TPSA) is 12.9 Å². The molecule has 0 saturated carbocycles. The maximum absolute atomic E-state index is 12.9. The van der Waals surface area contributed by atoms with Crippen LogP contribution in [0.4, 0.5) is 26.3 Å². The summed E-state index contributed by atoms with van der Waals surface area (Å²) in [5, 5.41) is 0. The molecule has 0 spiro atoms. The van der Waals surface area contributed by atoms with Crippen LogP contribution in [0.1, 0.15) is 11.1 Å². The molecule has 106 valence electrons. The number of hydrogen-bond acceptors (Lipinski definition) is 1. The molecule has 20 heavy (non-hydrogen) atoms. The van der Waals surface area contributed by atoms with E-state index in [1.54, 1.807) is 0 Å². The zero-order chi connectivity index (χ0) is 15.0. The molecule has 0 atom stereocenters. The fraction of sp³-hybridized carbons (Fsp3) is 0.154. The number of hydrogen-bond donors (Lipinski definition) is 0. The van der Waals surface area contributed by atoms with Crippen molar-refractivity contribution in [1.82, 2.24) is 4.98 Å². The van der Waals surface area contributed by atoms with E-state index in [2.05, 4.69) is 4.98 Å². The Kier molecular flexibility index (Phi) is 3.45. The number of halogens is 6. The highest BCUT2D eigenvalue weighted by atomic mass is 19.4. The average Bonchev–Trinajstić information content (AvgIpc) is 2.37. The van der Waals surface area contributed by atoms with Crippen molar-refractivity contribution in [2.45, 2.75) is 12.4 Å². The monoisotopic (exact) mass is 291 g/mol. The molecule has 0 radical (unpaired) electrons. The van der Waals surface area contributed by atoms with Crippen LogP contribution in [0.5, 0.6) is 0 Å². The quantitative estimate of drug-likeness (QED) is 0.689. The van der Waals surface area contributed by atoms with Gasteiger partial charge >= 0.3 is 12.4 Å². The van der Waals surface area contributed by atoms with Crippen molar-refractivity contribution in [2.24, 2.45) is 0 Å². The van der Waals surface area contributed by atoms with Crippen LogP contribution in [0, 0.1) is 0 Å². The lowest BCUT2D eigenvalue weighted by Crippen LogP contribution is -2.14. The summed E-state index contributed by atoms with van der Waals surface area (Å²) in [6.45, 7) is 0. The van der Waals surface area contributed by atoms with E-state index in [4.69, 9.17) is 0 Å². The lowest BCUT2D eigenvalue weighted by atomic mass is 9.94. The van der Waals surface area contributed by atoms with Gasteiger partial charge in [-0.15, -0.1) is 0 Å². The van der Waals surface area contributed by atoms with Crippen molar-refractivity contribution in [1.29, 1.82) is 0 Å². The fourth-order valence-electron chi connectivity index (χ4n) is 1.85. The zero-order valence-corrected chi connectivity index (χ0v) is 9.76. The second kappa shape index (κ2) is 4.81. The van der Waals surface area contributed by atoms with Crippen LogP contribution in [0.25, 0.3) is 11.1 Å². The standard InChI is InChI=1S/C13H7F6N/c14-12(15,16)9-2-1-3-10(13(17,18)19)11(9)8-4-6-20-7-5-8/h1-7H. The largest absolute Gasteiger partial charge is 0.417 e. The number of alkyl halides is 6. The van der Waals surface area contributed by atoms with Gasteiger partial charge in [-0.25, -0.2) is 0 Å². The molecular formula is C13H7F6N. The van der Waals surface area contributed by atoms with E-state index in [1.807, 2.05) is 0 Å². The molecule has 1 aromatic carbocycles. The van der Waals surface area contributed by atoms with Gasteiger partial charge in [0.15, 0.2) is 0 Å². The number of nitrogens with zero attached hydrogens (tertiary/aromatic N) is 1. The van der Waals surface area contributed by atoms with E-state index < -0.39 is 29.0 Å². The summed E-state index contributed by atoms with van der Waals surface area (Å²) in [4.78, 5) is 3.59. The van der Waals surface area contributed by atoms with E-state index in [9.17, 15) is 26.3 Å². The summed E-state index contributed by atoms with van der Waals surface area (Å²) in [5.41, 5.74) is -3.70. The van der Waals surface area contributed by atoms with Crippen LogP contribution in [0.15, 0.2) is 42.7 Å². The minimum Gasteiger partial charge on any atom is -0.265 e. The SMILES string of the molecule is FC(F)(F)c1cccc(C(F)(F)F)c1-c1ccncc1. The van der Waals surface area contributed by atoms with E-state index in [-0.39, 0.29) is 5.56 Å². The van der Waals surface area contributed by atoms with Gasteiger partial charge in [-0.1, -0.05) is 6.07 Å². The van der Waals surface area contributed by atoms with Crippen LogP contribution < -0.4 is 0 Å². The number of benzene rings is 1. The van der Waals surface area contributed by atoms with Crippen molar-refractivity contribution in [2.75, 3.05) is 0 Å². The Morgan fingerprint density at radius 2 is 1.15 bits per heavy atom. The molecule has 2 aromatic rings. The van der Waals surface area contributed by atoms with Crippen LogP contribution >= 0.6 is 0 Å². The van der Waals surface area contributed by atoms with Gasteiger partial charge < -0.3 is 0 Å². The summed E-state index contributed by atoms with van der Waals surface area (Å²) in [6.07, 6.45) is -7.47. The number of aromatic nitrogens is 1. The second-order valence-corrected chi connectivity index (χ2v) is 3.96. The average molecular weight is 291 g/mol. The molecule has 0 fully saturated rings. The van der Waals surface area contributed by atoms with Gasteiger partial charge in [-0.05, 0) is 29.8 Å². The van der Waals surface area contributed by atoms with Crippen molar-refractivity contribution >= 4 is 0 Å². The lowest BCUT2D eigenvalue weighted by molar-refractivity contribution is -0.142. The van der Waals surface area contributed by atoms with Gasteiger partial charge in [0.2, 0.25) is 0 Å². The van der Waals surface area contributed by atoms with Gasteiger partial charge in [0.1, 0.15) is 0 Å². The summed E-state index contributed by atoms with van der Waals surface area (Å²) in [6, 6.07) is 4.23. The van der Waals surface area contributed by atoms with E-state index >= 15 is 0 Å². The first-order chi connectivity index (χ1) is 9.21. The first kappa shape index (κ1) is 14.4. The third kappa shape index (κ3) is 2.76. The minimum atomic E-state index is -4.88. The van der Waals surface area contributed by atoms with Crippen molar-refractivity contribution in [3.63, 3.8) is 0 Å². The molecule has 1 nitrogen and oxygen atoms in total. The van der Waals surface area contributed by atoms with Gasteiger partial charge in [-0.3, -0.25) is 4.98 Å². The van der Waals surface area contributed by atoms with Gasteiger partial charge in [0, 0.05) is 18.0 Å². The third-order valence-electron chi connectivity index (χ3n) is 2.64. The predicted molar refractivity (Wildman–Crippen MR) is 59.7 cm³/mol. The first-order valence-electron chi connectivity index (χ1n) is 5.39. The Morgan fingerprint density at radius 3 is 1.55 bits per heavy atom. The highest BCUT2D eigenvalue weighted by Gasteiger charge is 2.40. The smallest absolute Gasteiger partial charge is 0.265 e. The molecule has 0 saturated heterocycles. The summed E-state index contributed by atoms with van der Waals surface area (Å²) in [5.74, 6) is 0. The predicted octanol–water partition coefficient (Wildman–Crippen LogP) is 4.79. The molecule has 0 aliphatic heterocycles. The van der Waals surface area contributed by atoms with E-state index in [0.717, 1.165) is 30.6 Å². The minimum absolute atomic E-state index is 0.180.